The third-order valence-corrected chi connectivity index (χ3v) is 4.49. The Balaban J connectivity index is 1.46. The topological polar surface area (TPSA) is 75.5 Å². The third kappa shape index (κ3) is 3.63. The summed E-state index contributed by atoms with van der Waals surface area (Å²) in [5.74, 6) is 1.38. The van der Waals surface area contributed by atoms with Crippen LogP contribution in [0.25, 0.3) is 0 Å². The Bertz CT molecular complexity index is 927. The summed E-state index contributed by atoms with van der Waals surface area (Å²) in [7, 11) is 0. The van der Waals surface area contributed by atoms with Gasteiger partial charge in [0, 0.05) is 11.1 Å². The van der Waals surface area contributed by atoms with Crippen molar-refractivity contribution < 1.29 is 13.9 Å². The summed E-state index contributed by atoms with van der Waals surface area (Å²) in [4.78, 5) is 12.9. The maximum Gasteiger partial charge on any atom is 0.250 e. The van der Waals surface area contributed by atoms with Gasteiger partial charge in [0.1, 0.15) is 17.3 Å². The molecule has 0 fully saturated rings. The minimum absolute atomic E-state index is 0.222. The lowest BCUT2D eigenvalue weighted by Crippen LogP contribution is -2.48. The van der Waals surface area contributed by atoms with Gasteiger partial charge in [-0.25, -0.2) is 0 Å². The van der Waals surface area contributed by atoms with E-state index in [1.54, 1.807) is 12.3 Å². The Kier molecular flexibility index (Phi) is 4.76. The number of carbonyl (C=O) groups excluding carboxylic acids is 1. The number of hydrazine groups is 1. The van der Waals surface area contributed by atoms with E-state index in [2.05, 4.69) is 16.2 Å². The second kappa shape index (κ2) is 7.51. The largest absolute Gasteiger partial charge is 0.467 e. The first-order chi connectivity index (χ1) is 13.2. The Hall–Kier alpha value is -3.32. The molecular formula is C20H17N3O3S. The fraction of sp³-hybridized carbons (Fsp3) is 0.100. The maximum atomic E-state index is 12.9. The molecule has 0 bridgehead atoms. The molecule has 0 saturated heterocycles. The molecule has 0 aliphatic carbocycles. The van der Waals surface area contributed by atoms with E-state index >= 15 is 0 Å². The highest BCUT2D eigenvalue weighted by atomic mass is 32.1. The van der Waals surface area contributed by atoms with Crippen molar-refractivity contribution in [3.05, 3.63) is 83.8 Å². The molecule has 3 aromatic rings. The van der Waals surface area contributed by atoms with Gasteiger partial charge < -0.3 is 14.5 Å². The van der Waals surface area contributed by atoms with Crippen molar-refractivity contribution in [1.82, 2.24) is 16.2 Å². The van der Waals surface area contributed by atoms with Crippen molar-refractivity contribution >= 4 is 23.2 Å². The molecule has 0 radical (unpaired) electrons. The summed E-state index contributed by atoms with van der Waals surface area (Å²) in [5.41, 5.74) is 7.05. The SMILES string of the molecule is O=C(NNC(=S)NCc1ccco1)C1c2ccccc2Oc2ccccc21. The highest BCUT2D eigenvalue weighted by Gasteiger charge is 2.32. The number of ether oxygens (including phenoxy) is 1. The summed E-state index contributed by atoms with van der Waals surface area (Å²) in [6.45, 7) is 0.428. The van der Waals surface area contributed by atoms with Crippen LogP contribution in [-0.2, 0) is 11.3 Å². The number of fused-ring (bicyclic) bond motifs is 2. The van der Waals surface area contributed by atoms with Crippen molar-refractivity contribution in [2.45, 2.75) is 12.5 Å². The van der Waals surface area contributed by atoms with Crippen LogP contribution in [0.3, 0.4) is 0 Å². The van der Waals surface area contributed by atoms with Gasteiger partial charge in [0.05, 0.1) is 18.7 Å². The number of carbonyl (C=O) groups is 1. The van der Waals surface area contributed by atoms with Crippen LogP contribution in [0.4, 0.5) is 0 Å². The van der Waals surface area contributed by atoms with Crippen LogP contribution in [0, 0.1) is 0 Å². The van der Waals surface area contributed by atoms with Crippen LogP contribution in [0.15, 0.2) is 71.3 Å². The van der Waals surface area contributed by atoms with Gasteiger partial charge in [0.25, 0.3) is 5.91 Å². The summed E-state index contributed by atoms with van der Waals surface area (Å²) in [6, 6.07) is 18.7. The van der Waals surface area contributed by atoms with Gasteiger partial charge in [-0.05, 0) is 36.5 Å². The molecule has 0 unspecified atom stereocenters. The first-order valence-electron chi connectivity index (χ1n) is 8.44. The molecule has 1 aliphatic rings. The number of furan rings is 1. The molecule has 7 heteroatoms. The lowest BCUT2D eigenvalue weighted by atomic mass is 9.87. The van der Waals surface area contributed by atoms with E-state index < -0.39 is 5.92 Å². The van der Waals surface area contributed by atoms with E-state index in [4.69, 9.17) is 21.4 Å². The van der Waals surface area contributed by atoms with Gasteiger partial charge in [-0.15, -0.1) is 0 Å². The standard InChI is InChI=1S/C20H17N3O3S/c24-19(22-23-20(27)21-12-13-6-5-11-25-13)18-14-7-1-3-9-16(14)26-17-10-4-2-8-15(17)18/h1-11,18H,12H2,(H,22,24)(H2,21,23,27). The number of nitrogens with one attached hydrogen (secondary N) is 3. The number of thiocarbonyl (C=S) groups is 1. The predicted molar refractivity (Wildman–Crippen MR) is 104 cm³/mol. The van der Waals surface area contributed by atoms with Crippen molar-refractivity contribution in [2.75, 3.05) is 0 Å². The fourth-order valence-electron chi connectivity index (χ4n) is 3.01. The molecule has 2 heterocycles. The van der Waals surface area contributed by atoms with Crippen molar-refractivity contribution in [2.24, 2.45) is 0 Å². The minimum atomic E-state index is -0.494. The molecule has 0 atom stereocenters. The Labute approximate surface area is 161 Å². The number of para-hydroxylation sites is 2. The average Bonchev–Trinajstić information content (AvgIpc) is 3.22. The zero-order valence-corrected chi connectivity index (χ0v) is 15.1. The Morgan fingerprint density at radius 3 is 2.22 bits per heavy atom. The Morgan fingerprint density at radius 2 is 1.59 bits per heavy atom. The fourth-order valence-corrected chi connectivity index (χ4v) is 3.13. The molecule has 3 N–H and O–H groups in total. The molecule has 2 aromatic carbocycles. The molecule has 1 amide bonds. The van der Waals surface area contributed by atoms with Gasteiger partial charge in [0.15, 0.2) is 5.11 Å². The van der Waals surface area contributed by atoms with Crippen molar-refractivity contribution in [3.63, 3.8) is 0 Å². The highest BCUT2D eigenvalue weighted by molar-refractivity contribution is 7.80. The van der Waals surface area contributed by atoms with E-state index in [9.17, 15) is 4.79 Å². The second-order valence-electron chi connectivity index (χ2n) is 5.99. The maximum absolute atomic E-state index is 12.9. The third-order valence-electron chi connectivity index (χ3n) is 4.24. The molecule has 1 aromatic heterocycles. The molecule has 136 valence electrons. The average molecular weight is 379 g/mol. The van der Waals surface area contributed by atoms with Crippen LogP contribution in [0.2, 0.25) is 0 Å². The summed E-state index contributed by atoms with van der Waals surface area (Å²) in [5, 5.41) is 3.27. The number of hydrogen-bond donors (Lipinski definition) is 3. The van der Waals surface area contributed by atoms with Crippen LogP contribution in [0.1, 0.15) is 22.8 Å². The smallest absolute Gasteiger partial charge is 0.250 e. The van der Waals surface area contributed by atoms with E-state index in [-0.39, 0.29) is 5.91 Å². The lowest BCUT2D eigenvalue weighted by molar-refractivity contribution is -0.122. The number of benzene rings is 2. The molecular weight excluding hydrogens is 362 g/mol. The molecule has 0 saturated carbocycles. The van der Waals surface area contributed by atoms with E-state index in [1.165, 1.54) is 0 Å². The predicted octanol–water partition coefficient (Wildman–Crippen LogP) is 3.21. The van der Waals surface area contributed by atoms with Gasteiger partial charge >= 0.3 is 0 Å². The normalized spacial score (nSPS) is 12.3. The van der Waals surface area contributed by atoms with Crippen molar-refractivity contribution in [1.29, 1.82) is 0 Å². The van der Waals surface area contributed by atoms with Gasteiger partial charge in [-0.1, -0.05) is 36.4 Å². The molecule has 6 nitrogen and oxygen atoms in total. The highest BCUT2D eigenvalue weighted by Crippen LogP contribution is 2.43. The quantitative estimate of drug-likeness (QED) is 0.479. The van der Waals surface area contributed by atoms with Crippen LogP contribution in [0.5, 0.6) is 11.5 Å². The first kappa shape index (κ1) is 17.1. The Morgan fingerprint density at radius 1 is 0.926 bits per heavy atom. The number of hydrogen-bond acceptors (Lipinski definition) is 4. The summed E-state index contributed by atoms with van der Waals surface area (Å²) >= 11 is 5.20. The van der Waals surface area contributed by atoms with Crippen LogP contribution in [-0.4, -0.2) is 11.0 Å². The second-order valence-corrected chi connectivity index (χ2v) is 6.40. The van der Waals surface area contributed by atoms with Crippen molar-refractivity contribution in [3.8, 4) is 11.5 Å². The van der Waals surface area contributed by atoms with Crippen LogP contribution < -0.4 is 20.9 Å². The summed E-state index contributed by atoms with van der Waals surface area (Å²) < 4.78 is 11.1. The zero-order valence-electron chi connectivity index (χ0n) is 14.3. The van der Waals surface area contributed by atoms with Gasteiger partial charge in [0.2, 0.25) is 0 Å². The van der Waals surface area contributed by atoms with Crippen LogP contribution >= 0.6 is 12.2 Å². The molecule has 27 heavy (non-hydrogen) atoms. The monoisotopic (exact) mass is 379 g/mol. The minimum Gasteiger partial charge on any atom is -0.467 e. The van der Waals surface area contributed by atoms with E-state index in [0.717, 1.165) is 16.9 Å². The molecule has 1 aliphatic heterocycles. The first-order valence-corrected chi connectivity index (χ1v) is 8.85. The van der Waals surface area contributed by atoms with E-state index in [0.29, 0.717) is 23.2 Å². The zero-order chi connectivity index (χ0) is 18.6. The molecule has 4 rings (SSSR count). The summed E-state index contributed by atoms with van der Waals surface area (Å²) in [6.07, 6.45) is 1.59. The van der Waals surface area contributed by atoms with E-state index in [1.807, 2.05) is 54.6 Å². The van der Waals surface area contributed by atoms with Gasteiger partial charge in [-0.2, -0.15) is 0 Å². The number of amides is 1. The molecule has 0 spiro atoms. The number of rotatable bonds is 3. The lowest BCUT2D eigenvalue weighted by Gasteiger charge is -2.27. The van der Waals surface area contributed by atoms with Gasteiger partial charge in [-0.3, -0.25) is 15.6 Å².